The van der Waals surface area contributed by atoms with Gasteiger partial charge in [0.1, 0.15) is 20.2 Å². The molecular weight excluding hydrogens is 195 g/mol. The molecule has 0 aliphatic carbocycles. The van der Waals surface area contributed by atoms with E-state index in [9.17, 15) is 0 Å². The second-order valence-corrected chi connectivity index (χ2v) is 3.79. The summed E-state index contributed by atoms with van der Waals surface area (Å²) < 4.78 is 5.67. The van der Waals surface area contributed by atoms with Gasteiger partial charge in [-0.3, -0.25) is 0 Å². The van der Waals surface area contributed by atoms with E-state index in [4.69, 9.17) is 12.6 Å². The van der Waals surface area contributed by atoms with E-state index in [1.165, 1.54) is 0 Å². The molecule has 0 aromatic heterocycles. The van der Waals surface area contributed by atoms with Gasteiger partial charge in [0, 0.05) is 0 Å². The standard InChI is InChI=1S/C14H13BO/c1-11-9-13(7-8-14(11)15)16-10-12-5-3-2-4-6-12/h2-9H,10H2,1H3. The van der Waals surface area contributed by atoms with Crippen molar-refractivity contribution in [1.29, 1.82) is 0 Å². The van der Waals surface area contributed by atoms with Crippen molar-refractivity contribution in [3.05, 3.63) is 59.7 Å². The SMILES string of the molecule is [B]c1ccc(OCc2ccccc2)cc1C. The summed E-state index contributed by atoms with van der Waals surface area (Å²) in [5.74, 6) is 0.857. The lowest BCUT2D eigenvalue weighted by Gasteiger charge is -2.08. The van der Waals surface area contributed by atoms with E-state index in [-0.39, 0.29) is 0 Å². The first-order chi connectivity index (χ1) is 7.75. The molecule has 2 radical (unpaired) electrons. The molecule has 0 aliphatic heterocycles. The van der Waals surface area contributed by atoms with Gasteiger partial charge in [-0.1, -0.05) is 47.4 Å². The molecule has 16 heavy (non-hydrogen) atoms. The predicted molar refractivity (Wildman–Crippen MR) is 67.3 cm³/mol. The van der Waals surface area contributed by atoms with Gasteiger partial charge in [-0.05, 0) is 24.6 Å². The fraction of sp³-hybridized carbons (Fsp3) is 0.143. The van der Waals surface area contributed by atoms with E-state index in [2.05, 4.69) is 0 Å². The molecule has 0 saturated heterocycles. The number of ether oxygens (including phenoxy) is 1. The summed E-state index contributed by atoms with van der Waals surface area (Å²) in [6, 6.07) is 15.8. The average Bonchev–Trinajstić information content (AvgIpc) is 2.32. The van der Waals surface area contributed by atoms with Crippen LogP contribution in [0.2, 0.25) is 0 Å². The summed E-state index contributed by atoms with van der Waals surface area (Å²) in [7, 11) is 5.74. The molecule has 0 bridgehead atoms. The van der Waals surface area contributed by atoms with Crippen molar-refractivity contribution in [3.63, 3.8) is 0 Å². The number of hydrogen-bond acceptors (Lipinski definition) is 1. The lowest BCUT2D eigenvalue weighted by atomic mass is 9.91. The van der Waals surface area contributed by atoms with Gasteiger partial charge in [0.05, 0.1) is 0 Å². The topological polar surface area (TPSA) is 9.23 Å². The molecule has 0 aliphatic rings. The minimum atomic E-state index is 0.587. The molecule has 0 atom stereocenters. The first-order valence-corrected chi connectivity index (χ1v) is 5.28. The molecule has 0 amide bonds. The van der Waals surface area contributed by atoms with Gasteiger partial charge in [-0.15, -0.1) is 0 Å². The molecular formula is C14H13BO. The molecule has 0 N–H and O–H groups in total. The Morgan fingerprint density at radius 2 is 1.81 bits per heavy atom. The van der Waals surface area contributed by atoms with Crippen LogP contribution in [0, 0.1) is 6.92 Å². The van der Waals surface area contributed by atoms with Crippen LogP contribution in [0.15, 0.2) is 48.5 Å². The number of rotatable bonds is 3. The van der Waals surface area contributed by atoms with Crippen LogP contribution in [0.4, 0.5) is 0 Å². The van der Waals surface area contributed by atoms with Crippen molar-refractivity contribution < 1.29 is 4.74 Å². The van der Waals surface area contributed by atoms with E-state index >= 15 is 0 Å². The molecule has 0 spiro atoms. The van der Waals surface area contributed by atoms with Crippen molar-refractivity contribution in [2.75, 3.05) is 0 Å². The highest BCUT2D eigenvalue weighted by Gasteiger charge is 1.97. The van der Waals surface area contributed by atoms with Crippen molar-refractivity contribution >= 4 is 13.3 Å². The van der Waals surface area contributed by atoms with Gasteiger partial charge < -0.3 is 4.74 Å². The Morgan fingerprint density at radius 3 is 2.50 bits per heavy atom. The third kappa shape index (κ3) is 2.66. The van der Waals surface area contributed by atoms with Gasteiger partial charge in [0.25, 0.3) is 0 Å². The zero-order chi connectivity index (χ0) is 11.4. The molecule has 2 heteroatoms. The minimum Gasteiger partial charge on any atom is -0.489 e. The maximum Gasteiger partial charge on any atom is 0.120 e. The summed E-state index contributed by atoms with van der Waals surface area (Å²) in [4.78, 5) is 0. The van der Waals surface area contributed by atoms with Crippen LogP contribution in [0.1, 0.15) is 11.1 Å². The summed E-state index contributed by atoms with van der Waals surface area (Å²) in [6.07, 6.45) is 0. The Morgan fingerprint density at radius 1 is 1.06 bits per heavy atom. The highest BCUT2D eigenvalue weighted by Crippen LogP contribution is 2.13. The van der Waals surface area contributed by atoms with Crippen molar-refractivity contribution in [3.8, 4) is 5.75 Å². The fourth-order valence-corrected chi connectivity index (χ4v) is 1.48. The maximum atomic E-state index is 5.74. The van der Waals surface area contributed by atoms with E-state index in [1.54, 1.807) is 0 Å². The van der Waals surface area contributed by atoms with E-state index in [0.717, 1.165) is 22.3 Å². The Balaban J connectivity index is 2.03. The fourth-order valence-electron chi connectivity index (χ4n) is 1.48. The summed E-state index contributed by atoms with van der Waals surface area (Å²) >= 11 is 0. The van der Waals surface area contributed by atoms with Crippen LogP contribution in [0.5, 0.6) is 5.75 Å². The van der Waals surface area contributed by atoms with Crippen molar-refractivity contribution in [1.82, 2.24) is 0 Å². The van der Waals surface area contributed by atoms with Gasteiger partial charge in [-0.2, -0.15) is 0 Å². The Labute approximate surface area is 97.5 Å². The van der Waals surface area contributed by atoms with Crippen LogP contribution in [-0.4, -0.2) is 7.85 Å². The zero-order valence-corrected chi connectivity index (χ0v) is 9.31. The third-order valence-corrected chi connectivity index (χ3v) is 2.49. The number of benzene rings is 2. The van der Waals surface area contributed by atoms with Crippen LogP contribution in [0.3, 0.4) is 0 Å². The van der Waals surface area contributed by atoms with Gasteiger partial charge in [0.2, 0.25) is 0 Å². The van der Waals surface area contributed by atoms with Gasteiger partial charge in [-0.25, -0.2) is 0 Å². The van der Waals surface area contributed by atoms with E-state index < -0.39 is 0 Å². The van der Waals surface area contributed by atoms with Gasteiger partial charge >= 0.3 is 0 Å². The van der Waals surface area contributed by atoms with Crippen LogP contribution in [-0.2, 0) is 6.61 Å². The van der Waals surface area contributed by atoms with Crippen LogP contribution < -0.4 is 10.2 Å². The molecule has 1 nitrogen and oxygen atoms in total. The lowest BCUT2D eigenvalue weighted by Crippen LogP contribution is -2.06. The van der Waals surface area contributed by atoms with E-state index in [1.807, 2.05) is 55.5 Å². The largest absolute Gasteiger partial charge is 0.489 e. The quantitative estimate of drug-likeness (QED) is 0.703. The Hall–Kier alpha value is -1.70. The van der Waals surface area contributed by atoms with Crippen molar-refractivity contribution in [2.45, 2.75) is 13.5 Å². The number of aryl methyl sites for hydroxylation is 1. The predicted octanol–water partition coefficient (Wildman–Crippen LogP) is 2.37. The molecule has 0 unspecified atom stereocenters. The highest BCUT2D eigenvalue weighted by molar-refractivity contribution is 6.33. The highest BCUT2D eigenvalue weighted by atomic mass is 16.5. The molecule has 2 aromatic rings. The van der Waals surface area contributed by atoms with E-state index in [0.29, 0.717) is 6.61 Å². The van der Waals surface area contributed by atoms with Crippen molar-refractivity contribution in [2.24, 2.45) is 0 Å². The first-order valence-electron chi connectivity index (χ1n) is 5.28. The minimum absolute atomic E-state index is 0.587. The van der Waals surface area contributed by atoms with Gasteiger partial charge in [0.15, 0.2) is 0 Å². The lowest BCUT2D eigenvalue weighted by molar-refractivity contribution is 0.306. The molecule has 0 saturated carbocycles. The normalized spacial score (nSPS) is 10.1. The summed E-state index contributed by atoms with van der Waals surface area (Å²) in [5, 5.41) is 0. The molecule has 0 heterocycles. The average molecular weight is 208 g/mol. The zero-order valence-electron chi connectivity index (χ0n) is 9.31. The molecule has 78 valence electrons. The summed E-state index contributed by atoms with van der Waals surface area (Å²) in [6.45, 7) is 2.56. The smallest absolute Gasteiger partial charge is 0.120 e. The van der Waals surface area contributed by atoms with Crippen LogP contribution in [0.25, 0.3) is 0 Å². The molecule has 0 fully saturated rings. The Bertz CT molecular complexity index is 465. The first kappa shape index (κ1) is 10.8. The summed E-state index contributed by atoms with van der Waals surface area (Å²) in [5.41, 5.74) is 3.01. The molecule has 2 aromatic carbocycles. The Kier molecular flexibility index (Phi) is 3.30. The van der Waals surface area contributed by atoms with Crippen LogP contribution >= 0.6 is 0 Å². The number of hydrogen-bond donors (Lipinski definition) is 0. The third-order valence-electron chi connectivity index (χ3n) is 2.49. The maximum absolute atomic E-state index is 5.74. The second-order valence-electron chi connectivity index (χ2n) is 3.79. The monoisotopic (exact) mass is 208 g/mol. The second kappa shape index (κ2) is 4.89. The molecule has 2 rings (SSSR count).